The summed E-state index contributed by atoms with van der Waals surface area (Å²) < 4.78 is 6.28. The number of para-hydroxylation sites is 1. The molecule has 1 aromatic carbocycles. The van der Waals surface area contributed by atoms with Crippen molar-refractivity contribution < 1.29 is 26.8 Å². The van der Waals surface area contributed by atoms with E-state index in [0.717, 1.165) is 11.0 Å². The average Bonchev–Trinajstić information content (AvgIpc) is 2.66. The van der Waals surface area contributed by atoms with Crippen molar-refractivity contribution in [1.29, 1.82) is 0 Å². The summed E-state index contributed by atoms with van der Waals surface area (Å²) in [6.07, 6.45) is 3.97. The summed E-state index contributed by atoms with van der Waals surface area (Å²) in [6.45, 7) is 2.17. The van der Waals surface area contributed by atoms with E-state index in [1.807, 2.05) is 30.3 Å². The summed E-state index contributed by atoms with van der Waals surface area (Å²) in [4.78, 5) is 0. The average molecular weight is 484 g/mol. The van der Waals surface area contributed by atoms with Crippen molar-refractivity contribution in [3.05, 3.63) is 36.6 Å². The topological polar surface area (TPSA) is 13.1 Å². The van der Waals surface area contributed by atoms with Gasteiger partial charge in [-0.1, -0.05) is 47.7 Å². The Kier molecular flexibility index (Phi) is 8.67. The second-order valence-electron chi connectivity index (χ2n) is 2.59. The van der Waals surface area contributed by atoms with Crippen LogP contribution in [0.4, 0.5) is 0 Å². The van der Waals surface area contributed by atoms with Gasteiger partial charge in [-0.05, 0) is 22.7 Å². The summed E-state index contributed by atoms with van der Waals surface area (Å²) >= 11 is 2.35. The zero-order chi connectivity index (χ0) is 9.52. The van der Waals surface area contributed by atoms with Crippen molar-refractivity contribution in [2.45, 2.75) is 13.3 Å². The smallest absolute Gasteiger partial charge is 0.591 e. The largest absolute Gasteiger partial charge is 1.00 e. The number of halogens is 1. The maximum atomic E-state index is 4.99. The molecule has 0 radical (unpaired) electrons. The standard InChI is InChI=1S/C8H5O.C3H7I.Au/c1-2-4-8-7(3-1)5-6-9-8;1-2-3-4;/h1-5H;2-3H2,1H3;/q-1;;+1. The number of hydrogen-bond donors (Lipinski definition) is 0. The number of furan rings is 1. The molecular weight excluding hydrogens is 472 g/mol. The molecule has 1 nitrogen and oxygen atoms in total. The van der Waals surface area contributed by atoms with Gasteiger partial charge in [-0.3, -0.25) is 0 Å². The van der Waals surface area contributed by atoms with Crippen LogP contribution in [0, 0.1) is 6.26 Å². The molecule has 0 spiro atoms. The molecule has 2 rings (SSSR count). The van der Waals surface area contributed by atoms with E-state index in [9.17, 15) is 0 Å². The Labute approximate surface area is 114 Å². The third kappa shape index (κ3) is 4.64. The Balaban J connectivity index is 0.000000299. The molecule has 14 heavy (non-hydrogen) atoms. The van der Waals surface area contributed by atoms with E-state index in [-0.39, 0.29) is 22.4 Å². The van der Waals surface area contributed by atoms with Crippen molar-refractivity contribution >= 4 is 33.6 Å². The predicted octanol–water partition coefficient (Wildman–Crippen LogP) is 4.06. The van der Waals surface area contributed by atoms with Crippen LogP contribution in [0.2, 0.25) is 0 Å². The Morgan fingerprint density at radius 3 is 2.57 bits per heavy atom. The fraction of sp³-hybridized carbons (Fsp3) is 0.273. The van der Waals surface area contributed by atoms with Gasteiger partial charge < -0.3 is 4.42 Å². The molecule has 2 aromatic rings. The van der Waals surface area contributed by atoms with Gasteiger partial charge in [0.1, 0.15) is 0 Å². The first-order valence-corrected chi connectivity index (χ1v) is 5.81. The van der Waals surface area contributed by atoms with Crippen LogP contribution in [-0.4, -0.2) is 4.43 Å². The first kappa shape index (κ1) is 14.2. The molecule has 1 aromatic heterocycles. The summed E-state index contributed by atoms with van der Waals surface area (Å²) in [6, 6.07) is 9.67. The molecule has 0 N–H and O–H groups in total. The van der Waals surface area contributed by atoms with Gasteiger partial charge >= 0.3 is 22.4 Å². The number of fused-ring (bicyclic) bond motifs is 1. The van der Waals surface area contributed by atoms with Gasteiger partial charge in [0, 0.05) is 0 Å². The molecule has 3 heteroatoms. The van der Waals surface area contributed by atoms with Crippen LogP contribution in [0.3, 0.4) is 0 Å². The summed E-state index contributed by atoms with van der Waals surface area (Å²) in [5, 5.41) is 1.11. The van der Waals surface area contributed by atoms with Crippen LogP contribution >= 0.6 is 22.6 Å². The minimum absolute atomic E-state index is 0. The predicted molar refractivity (Wildman–Crippen MR) is 64.2 cm³/mol. The number of benzene rings is 1. The van der Waals surface area contributed by atoms with E-state index in [0.29, 0.717) is 0 Å². The summed E-state index contributed by atoms with van der Waals surface area (Å²) in [7, 11) is 0. The zero-order valence-corrected chi connectivity index (χ0v) is 12.2. The molecule has 0 saturated heterocycles. The Hall–Kier alpha value is 0.230. The van der Waals surface area contributed by atoms with Crippen molar-refractivity contribution in [3.63, 3.8) is 0 Å². The first-order chi connectivity index (χ1) is 6.38. The van der Waals surface area contributed by atoms with Crippen LogP contribution in [0.5, 0.6) is 0 Å². The molecule has 80 valence electrons. The van der Waals surface area contributed by atoms with Crippen molar-refractivity contribution in [2.75, 3.05) is 4.43 Å². The van der Waals surface area contributed by atoms with Crippen LogP contribution in [0.15, 0.2) is 34.7 Å². The monoisotopic (exact) mass is 484 g/mol. The molecule has 0 atom stereocenters. The van der Waals surface area contributed by atoms with Crippen LogP contribution in [0.1, 0.15) is 13.3 Å². The fourth-order valence-corrected chi connectivity index (χ4v) is 0.849. The van der Waals surface area contributed by atoms with Gasteiger partial charge in [-0.2, -0.15) is 0 Å². The molecule has 1 heterocycles. The number of rotatable bonds is 1. The SMILES string of the molecule is CCCI.[Au+].[c-]1cc2ccccc2o1. The van der Waals surface area contributed by atoms with Crippen LogP contribution in [0.25, 0.3) is 11.0 Å². The number of hydrogen-bond acceptors (Lipinski definition) is 1. The van der Waals surface area contributed by atoms with Gasteiger partial charge in [0.05, 0.1) is 0 Å². The van der Waals surface area contributed by atoms with E-state index in [1.54, 1.807) is 0 Å². The van der Waals surface area contributed by atoms with E-state index >= 15 is 0 Å². The molecule has 0 fully saturated rings. The summed E-state index contributed by atoms with van der Waals surface area (Å²) in [5.41, 5.74) is 0.900. The van der Waals surface area contributed by atoms with Crippen molar-refractivity contribution in [3.8, 4) is 0 Å². The molecule has 0 unspecified atom stereocenters. The Morgan fingerprint density at radius 1 is 1.36 bits per heavy atom. The van der Waals surface area contributed by atoms with E-state index in [4.69, 9.17) is 4.42 Å². The molecular formula is C11H12AuIO. The van der Waals surface area contributed by atoms with Crippen LogP contribution < -0.4 is 0 Å². The molecule has 0 aliphatic heterocycles. The minimum Gasteiger partial charge on any atom is -0.591 e. The molecule has 0 saturated carbocycles. The van der Waals surface area contributed by atoms with Crippen molar-refractivity contribution in [2.24, 2.45) is 0 Å². The summed E-state index contributed by atoms with van der Waals surface area (Å²) in [5.74, 6) is 0. The number of alkyl halides is 1. The van der Waals surface area contributed by atoms with Gasteiger partial charge in [0.15, 0.2) is 0 Å². The molecule has 0 aliphatic rings. The van der Waals surface area contributed by atoms with Gasteiger partial charge in [0.2, 0.25) is 0 Å². The van der Waals surface area contributed by atoms with Gasteiger partial charge in [-0.15, -0.1) is 17.5 Å². The second-order valence-corrected chi connectivity index (χ2v) is 3.67. The first-order valence-electron chi connectivity index (χ1n) is 4.29. The third-order valence-corrected chi connectivity index (χ3v) is 2.57. The van der Waals surface area contributed by atoms with Crippen molar-refractivity contribution in [1.82, 2.24) is 0 Å². The quantitative estimate of drug-likeness (QED) is 0.258. The third-order valence-electron chi connectivity index (χ3n) is 1.49. The maximum absolute atomic E-state index is 4.99. The van der Waals surface area contributed by atoms with Gasteiger partial charge in [-0.25, -0.2) is 0 Å². The second kappa shape index (κ2) is 8.53. The molecule has 0 amide bonds. The normalized spacial score (nSPS) is 8.71. The maximum Gasteiger partial charge on any atom is 1.00 e. The minimum atomic E-state index is 0. The van der Waals surface area contributed by atoms with E-state index < -0.39 is 0 Å². The zero-order valence-electron chi connectivity index (χ0n) is 7.89. The van der Waals surface area contributed by atoms with E-state index in [2.05, 4.69) is 35.8 Å². The molecule has 0 bridgehead atoms. The van der Waals surface area contributed by atoms with Crippen LogP contribution in [-0.2, 0) is 22.4 Å². The molecule has 0 aliphatic carbocycles. The Morgan fingerprint density at radius 2 is 2.00 bits per heavy atom. The fourth-order valence-electron chi connectivity index (χ4n) is 0.849. The van der Waals surface area contributed by atoms with E-state index in [1.165, 1.54) is 10.8 Å². The van der Waals surface area contributed by atoms with Gasteiger partial charge in [0.25, 0.3) is 0 Å². The Bertz CT molecular complexity index is 313.